The summed E-state index contributed by atoms with van der Waals surface area (Å²) in [7, 11) is 0. The first-order valence-electron chi connectivity index (χ1n) is 5.28. The molecular weight excluding hydrogens is 206 g/mol. The SMILES string of the molecule is CC(C)Cc1nnc(NCc2ccn[nH]2)o1. The Balaban J connectivity index is 1.88. The van der Waals surface area contributed by atoms with Crippen LogP contribution in [0.4, 0.5) is 6.01 Å². The van der Waals surface area contributed by atoms with E-state index < -0.39 is 0 Å². The number of hydrogen-bond acceptors (Lipinski definition) is 5. The van der Waals surface area contributed by atoms with E-state index in [1.165, 1.54) is 0 Å². The van der Waals surface area contributed by atoms with Crippen molar-refractivity contribution in [2.75, 3.05) is 5.32 Å². The summed E-state index contributed by atoms with van der Waals surface area (Å²) in [6.07, 6.45) is 2.51. The lowest BCUT2D eigenvalue weighted by Crippen LogP contribution is -1.99. The lowest BCUT2D eigenvalue weighted by molar-refractivity contribution is 0.465. The fraction of sp³-hybridized carbons (Fsp3) is 0.500. The normalized spacial score (nSPS) is 10.9. The van der Waals surface area contributed by atoms with Gasteiger partial charge in [-0.15, -0.1) is 5.10 Å². The number of aromatic nitrogens is 4. The van der Waals surface area contributed by atoms with Crippen LogP contribution < -0.4 is 5.32 Å². The van der Waals surface area contributed by atoms with Crippen molar-refractivity contribution < 1.29 is 4.42 Å². The van der Waals surface area contributed by atoms with E-state index in [4.69, 9.17) is 4.42 Å². The molecule has 16 heavy (non-hydrogen) atoms. The maximum Gasteiger partial charge on any atom is 0.315 e. The van der Waals surface area contributed by atoms with Gasteiger partial charge in [-0.25, -0.2) is 0 Å². The third kappa shape index (κ3) is 2.82. The predicted molar refractivity (Wildman–Crippen MR) is 58.8 cm³/mol. The van der Waals surface area contributed by atoms with Crippen LogP contribution in [0, 0.1) is 5.92 Å². The lowest BCUT2D eigenvalue weighted by Gasteiger charge is -1.98. The second-order valence-electron chi connectivity index (χ2n) is 4.03. The van der Waals surface area contributed by atoms with Crippen LogP contribution in [0.15, 0.2) is 16.7 Å². The smallest absolute Gasteiger partial charge is 0.315 e. The molecule has 0 aliphatic carbocycles. The van der Waals surface area contributed by atoms with Gasteiger partial charge in [-0.3, -0.25) is 5.10 Å². The van der Waals surface area contributed by atoms with Gasteiger partial charge in [-0.05, 0) is 12.0 Å². The monoisotopic (exact) mass is 221 g/mol. The van der Waals surface area contributed by atoms with Crippen molar-refractivity contribution in [1.82, 2.24) is 20.4 Å². The second-order valence-corrected chi connectivity index (χ2v) is 4.03. The summed E-state index contributed by atoms with van der Waals surface area (Å²) in [5, 5.41) is 17.6. The number of aromatic amines is 1. The zero-order valence-electron chi connectivity index (χ0n) is 9.40. The molecule has 2 rings (SSSR count). The van der Waals surface area contributed by atoms with Gasteiger partial charge in [0.05, 0.1) is 12.2 Å². The molecule has 0 radical (unpaired) electrons. The number of nitrogens with one attached hydrogen (secondary N) is 2. The molecule has 6 nitrogen and oxygen atoms in total. The molecule has 0 spiro atoms. The molecule has 0 aliphatic rings. The van der Waals surface area contributed by atoms with Gasteiger partial charge in [0, 0.05) is 12.6 Å². The number of hydrogen-bond donors (Lipinski definition) is 2. The van der Waals surface area contributed by atoms with Crippen molar-refractivity contribution >= 4 is 6.01 Å². The molecule has 0 atom stereocenters. The lowest BCUT2D eigenvalue weighted by atomic mass is 10.1. The summed E-state index contributed by atoms with van der Waals surface area (Å²) in [4.78, 5) is 0. The molecular formula is C10H15N5O. The number of anilines is 1. The molecule has 0 unspecified atom stereocenters. The van der Waals surface area contributed by atoms with E-state index >= 15 is 0 Å². The first-order chi connectivity index (χ1) is 7.74. The molecule has 2 heterocycles. The highest BCUT2D eigenvalue weighted by molar-refractivity contribution is 5.19. The van der Waals surface area contributed by atoms with E-state index in [0.29, 0.717) is 24.4 Å². The highest BCUT2D eigenvalue weighted by atomic mass is 16.4. The van der Waals surface area contributed by atoms with Crippen molar-refractivity contribution in [3.63, 3.8) is 0 Å². The molecule has 0 saturated carbocycles. The summed E-state index contributed by atoms with van der Waals surface area (Å²) in [6.45, 7) is 4.83. The van der Waals surface area contributed by atoms with Crippen LogP contribution >= 0.6 is 0 Å². The van der Waals surface area contributed by atoms with Crippen LogP contribution in [0.3, 0.4) is 0 Å². The Labute approximate surface area is 93.5 Å². The minimum atomic E-state index is 0.449. The third-order valence-corrected chi connectivity index (χ3v) is 2.04. The Kier molecular flexibility index (Phi) is 3.19. The summed E-state index contributed by atoms with van der Waals surface area (Å²) < 4.78 is 5.43. The first kappa shape index (κ1) is 10.7. The Hall–Kier alpha value is -1.85. The van der Waals surface area contributed by atoms with Gasteiger partial charge in [-0.2, -0.15) is 5.10 Å². The predicted octanol–water partition coefficient (Wildman–Crippen LogP) is 1.60. The fourth-order valence-corrected chi connectivity index (χ4v) is 1.31. The van der Waals surface area contributed by atoms with Gasteiger partial charge in [0.25, 0.3) is 0 Å². The summed E-state index contributed by atoms with van der Waals surface area (Å²) >= 11 is 0. The standard InChI is InChI=1S/C10H15N5O/c1-7(2)5-9-14-15-10(16-9)11-6-8-3-4-12-13-8/h3-4,7H,5-6H2,1-2H3,(H,11,15)(H,12,13). The number of nitrogens with zero attached hydrogens (tertiary/aromatic N) is 3. The largest absolute Gasteiger partial charge is 0.408 e. The number of rotatable bonds is 5. The van der Waals surface area contributed by atoms with E-state index in [0.717, 1.165) is 12.1 Å². The second kappa shape index (κ2) is 4.78. The molecule has 0 amide bonds. The minimum Gasteiger partial charge on any atom is -0.408 e. The highest BCUT2D eigenvalue weighted by Crippen LogP contribution is 2.10. The van der Waals surface area contributed by atoms with Crippen LogP contribution in [0.1, 0.15) is 25.4 Å². The average molecular weight is 221 g/mol. The minimum absolute atomic E-state index is 0.449. The molecule has 0 saturated heterocycles. The van der Waals surface area contributed by atoms with Crippen LogP contribution in [0.5, 0.6) is 0 Å². The first-order valence-corrected chi connectivity index (χ1v) is 5.28. The van der Waals surface area contributed by atoms with Crippen molar-refractivity contribution in [2.45, 2.75) is 26.8 Å². The molecule has 2 N–H and O–H groups in total. The molecule has 86 valence electrons. The van der Waals surface area contributed by atoms with E-state index in [2.05, 4.69) is 39.6 Å². The summed E-state index contributed by atoms with van der Waals surface area (Å²) in [5.41, 5.74) is 0.976. The quantitative estimate of drug-likeness (QED) is 0.801. The van der Waals surface area contributed by atoms with Gasteiger partial charge in [0.15, 0.2) is 0 Å². The molecule has 0 aliphatic heterocycles. The Morgan fingerprint density at radius 1 is 1.44 bits per heavy atom. The number of H-pyrrole nitrogens is 1. The van der Waals surface area contributed by atoms with Crippen molar-refractivity contribution in [3.05, 3.63) is 23.8 Å². The van der Waals surface area contributed by atoms with Gasteiger partial charge in [0.2, 0.25) is 5.89 Å². The van der Waals surface area contributed by atoms with Gasteiger partial charge in [0.1, 0.15) is 0 Å². The zero-order valence-corrected chi connectivity index (χ0v) is 9.40. The van der Waals surface area contributed by atoms with Crippen LogP contribution in [0.25, 0.3) is 0 Å². The Morgan fingerprint density at radius 3 is 3.00 bits per heavy atom. The third-order valence-electron chi connectivity index (χ3n) is 2.04. The maximum atomic E-state index is 5.43. The van der Waals surface area contributed by atoms with Crippen molar-refractivity contribution in [3.8, 4) is 0 Å². The van der Waals surface area contributed by atoms with Crippen LogP contribution in [-0.4, -0.2) is 20.4 Å². The van der Waals surface area contributed by atoms with E-state index in [-0.39, 0.29) is 0 Å². The van der Waals surface area contributed by atoms with Gasteiger partial charge in [-0.1, -0.05) is 18.9 Å². The Morgan fingerprint density at radius 2 is 2.31 bits per heavy atom. The molecule has 2 aromatic heterocycles. The van der Waals surface area contributed by atoms with Gasteiger partial charge >= 0.3 is 6.01 Å². The molecule has 2 aromatic rings. The maximum absolute atomic E-state index is 5.43. The van der Waals surface area contributed by atoms with Crippen molar-refractivity contribution in [1.29, 1.82) is 0 Å². The summed E-state index contributed by atoms with van der Waals surface area (Å²) in [5.74, 6) is 1.18. The zero-order chi connectivity index (χ0) is 11.4. The molecule has 6 heteroatoms. The fourth-order valence-electron chi connectivity index (χ4n) is 1.31. The van der Waals surface area contributed by atoms with Crippen LogP contribution in [0.2, 0.25) is 0 Å². The Bertz CT molecular complexity index is 420. The van der Waals surface area contributed by atoms with Crippen LogP contribution in [-0.2, 0) is 13.0 Å². The van der Waals surface area contributed by atoms with E-state index in [1.54, 1.807) is 6.20 Å². The highest BCUT2D eigenvalue weighted by Gasteiger charge is 2.07. The van der Waals surface area contributed by atoms with Gasteiger partial charge < -0.3 is 9.73 Å². The molecule has 0 fully saturated rings. The topological polar surface area (TPSA) is 79.6 Å². The van der Waals surface area contributed by atoms with E-state index in [9.17, 15) is 0 Å². The van der Waals surface area contributed by atoms with Crippen molar-refractivity contribution in [2.24, 2.45) is 5.92 Å². The average Bonchev–Trinajstić information content (AvgIpc) is 2.84. The summed E-state index contributed by atoms with van der Waals surface area (Å²) in [6, 6.07) is 2.34. The molecule has 0 bridgehead atoms. The van der Waals surface area contributed by atoms with E-state index in [1.807, 2.05) is 6.07 Å². The molecule has 0 aromatic carbocycles.